The number of aromatic nitrogens is 2. The highest BCUT2D eigenvalue weighted by molar-refractivity contribution is 5.78. The first-order chi connectivity index (χ1) is 7.61. The molecule has 0 saturated heterocycles. The number of fused-ring (bicyclic) bond motifs is 1. The molecule has 0 aliphatic carbocycles. The molecule has 2 aromatic rings. The molecule has 1 aromatic heterocycles. The molecule has 0 atom stereocenters. The van der Waals surface area contributed by atoms with E-state index in [0.717, 1.165) is 23.3 Å². The monoisotopic (exact) mass is 218 g/mol. The lowest BCUT2D eigenvalue weighted by Crippen LogP contribution is -2.40. The zero-order valence-electron chi connectivity index (χ0n) is 9.96. The van der Waals surface area contributed by atoms with E-state index in [9.17, 15) is 0 Å². The highest BCUT2D eigenvalue weighted by atomic mass is 15.0. The molecule has 0 radical (unpaired) electrons. The van der Waals surface area contributed by atoms with Gasteiger partial charge in [0.25, 0.3) is 0 Å². The van der Waals surface area contributed by atoms with Gasteiger partial charge in [-0.05, 0) is 39.1 Å². The van der Waals surface area contributed by atoms with Crippen molar-refractivity contribution >= 4 is 16.7 Å². The van der Waals surface area contributed by atoms with Crippen LogP contribution < -0.4 is 10.6 Å². The average Bonchev–Trinajstić information content (AvgIpc) is 2.63. The van der Waals surface area contributed by atoms with Crippen LogP contribution in [0.2, 0.25) is 0 Å². The van der Waals surface area contributed by atoms with Gasteiger partial charge in [-0.25, -0.2) is 4.98 Å². The first-order valence-corrected chi connectivity index (χ1v) is 5.47. The number of hydrogen-bond acceptors (Lipinski definition) is 3. The van der Waals surface area contributed by atoms with E-state index >= 15 is 0 Å². The lowest BCUT2D eigenvalue weighted by Gasteiger charge is -2.27. The molecular formula is C12H18N4. The first kappa shape index (κ1) is 11.0. The molecule has 0 aliphatic heterocycles. The van der Waals surface area contributed by atoms with Crippen LogP contribution in [0.3, 0.4) is 0 Å². The number of H-pyrrole nitrogens is 1. The van der Waals surface area contributed by atoms with Crippen molar-refractivity contribution in [3.8, 4) is 0 Å². The van der Waals surface area contributed by atoms with Crippen LogP contribution in [0.15, 0.2) is 24.5 Å². The van der Waals surface area contributed by atoms with Crippen molar-refractivity contribution in [2.24, 2.45) is 0 Å². The van der Waals surface area contributed by atoms with Crippen LogP contribution in [0.4, 0.5) is 5.69 Å². The van der Waals surface area contributed by atoms with Gasteiger partial charge in [0.1, 0.15) is 0 Å². The van der Waals surface area contributed by atoms with E-state index in [1.165, 1.54) is 0 Å². The molecule has 3 N–H and O–H groups in total. The predicted octanol–water partition coefficient (Wildman–Crippen LogP) is 1.97. The van der Waals surface area contributed by atoms with Crippen LogP contribution in [0.5, 0.6) is 0 Å². The third-order valence-electron chi connectivity index (χ3n) is 2.52. The molecule has 0 saturated carbocycles. The number of nitrogens with zero attached hydrogens (tertiary/aromatic N) is 1. The normalized spacial score (nSPS) is 11.9. The van der Waals surface area contributed by atoms with Crippen molar-refractivity contribution in [2.75, 3.05) is 18.9 Å². The smallest absolute Gasteiger partial charge is 0.0931 e. The number of anilines is 1. The summed E-state index contributed by atoms with van der Waals surface area (Å²) in [5, 5.41) is 6.67. The Balaban J connectivity index is 2.20. The third-order valence-corrected chi connectivity index (χ3v) is 2.52. The lowest BCUT2D eigenvalue weighted by atomic mass is 10.1. The van der Waals surface area contributed by atoms with Crippen molar-refractivity contribution in [3.63, 3.8) is 0 Å². The molecule has 1 aromatic carbocycles. The minimum absolute atomic E-state index is 0.0302. The van der Waals surface area contributed by atoms with Gasteiger partial charge in [0, 0.05) is 17.8 Å². The summed E-state index contributed by atoms with van der Waals surface area (Å²) in [5.74, 6) is 0. The van der Waals surface area contributed by atoms with E-state index in [1.807, 2.05) is 13.1 Å². The molecule has 4 heteroatoms. The van der Waals surface area contributed by atoms with Gasteiger partial charge >= 0.3 is 0 Å². The fourth-order valence-electron chi connectivity index (χ4n) is 1.89. The highest BCUT2D eigenvalue weighted by Crippen LogP contribution is 2.19. The summed E-state index contributed by atoms with van der Waals surface area (Å²) < 4.78 is 0. The minimum Gasteiger partial charge on any atom is -0.379 e. The summed E-state index contributed by atoms with van der Waals surface area (Å²) in [5.41, 5.74) is 3.20. The first-order valence-electron chi connectivity index (χ1n) is 5.47. The Bertz CT molecular complexity index is 473. The Labute approximate surface area is 95.5 Å². The minimum atomic E-state index is 0.0302. The Kier molecular flexibility index (Phi) is 2.83. The number of rotatable bonds is 4. The number of aromatic amines is 1. The van der Waals surface area contributed by atoms with Crippen molar-refractivity contribution < 1.29 is 0 Å². The largest absolute Gasteiger partial charge is 0.379 e. The number of imidazole rings is 1. The van der Waals surface area contributed by atoms with Gasteiger partial charge in [-0.15, -0.1) is 0 Å². The topological polar surface area (TPSA) is 52.7 Å². The van der Waals surface area contributed by atoms with Gasteiger partial charge in [0.15, 0.2) is 0 Å². The van der Waals surface area contributed by atoms with Crippen molar-refractivity contribution in [1.29, 1.82) is 0 Å². The maximum Gasteiger partial charge on any atom is 0.0931 e. The Morgan fingerprint density at radius 2 is 2.19 bits per heavy atom. The van der Waals surface area contributed by atoms with Gasteiger partial charge in [0.05, 0.1) is 17.4 Å². The molecule has 0 spiro atoms. The Hall–Kier alpha value is -1.55. The maximum atomic E-state index is 4.20. The van der Waals surface area contributed by atoms with Gasteiger partial charge < -0.3 is 15.6 Å². The summed E-state index contributed by atoms with van der Waals surface area (Å²) in [6, 6.07) is 6.16. The molecule has 16 heavy (non-hydrogen) atoms. The fourth-order valence-corrected chi connectivity index (χ4v) is 1.89. The summed E-state index contributed by atoms with van der Waals surface area (Å²) in [6.45, 7) is 5.25. The second-order valence-corrected chi connectivity index (χ2v) is 4.67. The molecular weight excluding hydrogens is 200 g/mol. The molecule has 0 amide bonds. The standard InChI is InChI=1S/C12H18N4/c1-12(2,7-13-3)16-9-4-5-10-11(6-9)15-8-14-10/h4-6,8,13,16H,7H2,1-3H3,(H,14,15). The third kappa shape index (κ3) is 2.33. The molecule has 1 heterocycles. The van der Waals surface area contributed by atoms with Crippen molar-refractivity contribution in [2.45, 2.75) is 19.4 Å². The quantitative estimate of drug-likeness (QED) is 0.735. The van der Waals surface area contributed by atoms with Crippen LogP contribution in [-0.4, -0.2) is 29.1 Å². The summed E-state index contributed by atoms with van der Waals surface area (Å²) in [6.07, 6.45) is 1.72. The molecule has 0 bridgehead atoms. The molecule has 2 rings (SSSR count). The molecule has 0 unspecified atom stereocenters. The van der Waals surface area contributed by atoms with Crippen LogP contribution in [-0.2, 0) is 0 Å². The summed E-state index contributed by atoms with van der Waals surface area (Å²) >= 11 is 0. The van der Waals surface area contributed by atoms with E-state index in [4.69, 9.17) is 0 Å². The molecule has 86 valence electrons. The number of hydrogen-bond donors (Lipinski definition) is 3. The van der Waals surface area contributed by atoms with Crippen molar-refractivity contribution in [3.05, 3.63) is 24.5 Å². The zero-order valence-corrected chi connectivity index (χ0v) is 9.96. The summed E-state index contributed by atoms with van der Waals surface area (Å²) in [7, 11) is 1.96. The molecule has 0 fully saturated rings. The van der Waals surface area contributed by atoms with Crippen LogP contribution in [0.1, 0.15) is 13.8 Å². The van der Waals surface area contributed by atoms with Crippen LogP contribution in [0.25, 0.3) is 11.0 Å². The predicted molar refractivity (Wildman–Crippen MR) is 67.7 cm³/mol. The Morgan fingerprint density at radius 1 is 1.38 bits per heavy atom. The van der Waals surface area contributed by atoms with E-state index in [0.29, 0.717) is 0 Å². The van der Waals surface area contributed by atoms with Gasteiger partial charge in [0.2, 0.25) is 0 Å². The van der Waals surface area contributed by atoms with Crippen molar-refractivity contribution in [1.82, 2.24) is 15.3 Å². The van der Waals surface area contributed by atoms with E-state index in [1.54, 1.807) is 6.33 Å². The van der Waals surface area contributed by atoms with E-state index in [2.05, 4.69) is 46.6 Å². The fraction of sp³-hybridized carbons (Fsp3) is 0.417. The number of benzene rings is 1. The average molecular weight is 218 g/mol. The second-order valence-electron chi connectivity index (χ2n) is 4.67. The number of nitrogens with one attached hydrogen (secondary N) is 3. The molecule has 0 aliphatic rings. The van der Waals surface area contributed by atoms with Crippen LogP contribution in [0, 0.1) is 0 Å². The zero-order chi connectivity index (χ0) is 11.6. The maximum absolute atomic E-state index is 4.20. The van der Waals surface area contributed by atoms with Gasteiger partial charge in [-0.1, -0.05) is 0 Å². The molecule has 4 nitrogen and oxygen atoms in total. The van der Waals surface area contributed by atoms with E-state index < -0.39 is 0 Å². The highest BCUT2D eigenvalue weighted by Gasteiger charge is 2.15. The van der Waals surface area contributed by atoms with Crippen LogP contribution >= 0.6 is 0 Å². The second kappa shape index (κ2) is 4.14. The van der Waals surface area contributed by atoms with Gasteiger partial charge in [-0.3, -0.25) is 0 Å². The Morgan fingerprint density at radius 3 is 2.94 bits per heavy atom. The summed E-state index contributed by atoms with van der Waals surface area (Å²) in [4.78, 5) is 7.31. The van der Waals surface area contributed by atoms with Gasteiger partial charge in [-0.2, -0.15) is 0 Å². The lowest BCUT2D eigenvalue weighted by molar-refractivity contribution is 0.530. The number of likely N-dealkylation sites (N-methyl/N-ethyl adjacent to an activating group) is 1. The SMILES string of the molecule is CNCC(C)(C)Nc1ccc2nc[nH]c2c1. The van der Waals surface area contributed by atoms with E-state index in [-0.39, 0.29) is 5.54 Å².